The first-order chi connectivity index (χ1) is 9.63. The van der Waals surface area contributed by atoms with Crippen LogP contribution in [0.4, 0.5) is 0 Å². The highest BCUT2D eigenvalue weighted by atomic mass is 32.2. The smallest absolute Gasteiger partial charge is 0.0950 e. The predicted molar refractivity (Wildman–Crippen MR) is 88.8 cm³/mol. The van der Waals surface area contributed by atoms with Crippen molar-refractivity contribution in [1.29, 1.82) is 5.26 Å². The normalized spacial score (nSPS) is 22.7. The van der Waals surface area contributed by atoms with Crippen LogP contribution in [0.15, 0.2) is 0 Å². The molecule has 0 aromatic carbocycles. The van der Waals surface area contributed by atoms with Crippen LogP contribution in [0, 0.1) is 17.2 Å². The van der Waals surface area contributed by atoms with E-state index in [1.54, 1.807) is 4.31 Å². The van der Waals surface area contributed by atoms with E-state index in [2.05, 4.69) is 11.4 Å². The minimum atomic E-state index is -0.881. The summed E-state index contributed by atoms with van der Waals surface area (Å²) in [5.74, 6) is 0.867. The van der Waals surface area contributed by atoms with E-state index in [9.17, 15) is 4.21 Å². The number of hydrogen-bond donors (Lipinski definition) is 1. The Balaban J connectivity index is 0. The molecular weight excluding hydrogens is 270 g/mol. The molecule has 4 nitrogen and oxygen atoms in total. The van der Waals surface area contributed by atoms with E-state index < -0.39 is 11.0 Å². The van der Waals surface area contributed by atoms with Gasteiger partial charge in [0.05, 0.1) is 22.8 Å². The zero-order valence-electron chi connectivity index (χ0n) is 14.1. The molecule has 0 spiro atoms. The first-order valence-corrected chi connectivity index (χ1v) is 9.10. The molecule has 0 aromatic rings. The number of rotatable bonds is 5. The summed E-state index contributed by atoms with van der Waals surface area (Å²) >= 11 is 0. The molecule has 0 aliphatic heterocycles. The fraction of sp³-hybridized carbons (Fsp3) is 0.933. The lowest BCUT2D eigenvalue weighted by Gasteiger charge is -2.26. The minimum Gasteiger partial charge on any atom is -0.313 e. The zero-order chi connectivity index (χ0) is 16.0. The van der Waals surface area contributed by atoms with E-state index >= 15 is 0 Å². The van der Waals surface area contributed by atoms with Gasteiger partial charge in [-0.1, -0.05) is 34.1 Å². The summed E-state index contributed by atoms with van der Waals surface area (Å²) in [5.41, 5.74) is 0. The van der Waals surface area contributed by atoms with Gasteiger partial charge in [-0.05, 0) is 33.4 Å². The van der Waals surface area contributed by atoms with Crippen LogP contribution in [0.25, 0.3) is 0 Å². The average molecular weight is 304 g/mol. The lowest BCUT2D eigenvalue weighted by molar-refractivity contribution is 0.333. The first-order valence-electron chi connectivity index (χ1n) is 7.82. The highest BCUT2D eigenvalue weighted by Gasteiger charge is 2.21. The van der Waals surface area contributed by atoms with Crippen molar-refractivity contribution in [3.63, 3.8) is 0 Å². The largest absolute Gasteiger partial charge is 0.313 e. The summed E-state index contributed by atoms with van der Waals surface area (Å²) in [5, 5.41) is 12.3. The van der Waals surface area contributed by atoms with Crippen LogP contribution < -0.4 is 5.32 Å². The van der Waals surface area contributed by atoms with Gasteiger partial charge in [0.25, 0.3) is 0 Å². The Morgan fingerprint density at radius 3 is 2.35 bits per heavy atom. The Morgan fingerprint density at radius 2 is 1.85 bits per heavy atom. The second-order valence-electron chi connectivity index (χ2n) is 4.48. The molecule has 120 valence electrons. The SMILES string of the molecule is CC.CC.CN(C)S(=O)CCNC1CCC[C@@H](C#N)C1. The van der Waals surface area contributed by atoms with E-state index in [1.807, 2.05) is 41.8 Å². The maximum absolute atomic E-state index is 11.4. The van der Waals surface area contributed by atoms with Crippen LogP contribution in [0.2, 0.25) is 0 Å². The summed E-state index contributed by atoms with van der Waals surface area (Å²) in [6.07, 6.45) is 4.27. The molecule has 0 amide bonds. The van der Waals surface area contributed by atoms with Gasteiger partial charge in [-0.15, -0.1) is 0 Å². The number of nitriles is 1. The number of nitrogens with one attached hydrogen (secondary N) is 1. The quantitative estimate of drug-likeness (QED) is 0.849. The third-order valence-corrected chi connectivity index (χ3v) is 4.34. The lowest BCUT2D eigenvalue weighted by atomic mass is 9.87. The molecule has 2 unspecified atom stereocenters. The van der Waals surface area contributed by atoms with Crippen LogP contribution in [0.3, 0.4) is 0 Å². The average Bonchev–Trinajstić information content (AvgIpc) is 2.51. The van der Waals surface area contributed by atoms with E-state index in [0.29, 0.717) is 11.8 Å². The minimum absolute atomic E-state index is 0.214. The van der Waals surface area contributed by atoms with E-state index in [0.717, 1.165) is 32.2 Å². The molecule has 1 aliphatic rings. The lowest BCUT2D eigenvalue weighted by Crippen LogP contribution is -2.37. The van der Waals surface area contributed by atoms with Gasteiger partial charge < -0.3 is 5.32 Å². The third-order valence-electron chi connectivity index (χ3n) is 2.97. The molecule has 5 heteroatoms. The van der Waals surface area contributed by atoms with Gasteiger partial charge in [0.2, 0.25) is 0 Å². The molecule has 0 bridgehead atoms. The molecule has 1 saturated carbocycles. The highest BCUT2D eigenvalue weighted by Crippen LogP contribution is 2.23. The van der Waals surface area contributed by atoms with Crippen LogP contribution in [-0.2, 0) is 11.0 Å². The number of hydrogen-bond acceptors (Lipinski definition) is 3. The number of nitrogens with zero attached hydrogens (tertiary/aromatic N) is 2. The summed E-state index contributed by atoms with van der Waals surface area (Å²) in [4.78, 5) is 0. The van der Waals surface area contributed by atoms with E-state index in [-0.39, 0.29) is 5.92 Å². The van der Waals surface area contributed by atoms with Crippen molar-refractivity contribution >= 4 is 11.0 Å². The van der Waals surface area contributed by atoms with Crippen LogP contribution in [0.1, 0.15) is 53.4 Å². The van der Waals surface area contributed by atoms with E-state index in [4.69, 9.17) is 5.26 Å². The Labute approximate surface area is 128 Å². The molecule has 1 rings (SSSR count). The maximum Gasteiger partial charge on any atom is 0.0950 e. The molecule has 1 N–H and O–H groups in total. The van der Waals surface area contributed by atoms with Crippen molar-refractivity contribution in [3.05, 3.63) is 0 Å². The van der Waals surface area contributed by atoms with Gasteiger partial charge >= 0.3 is 0 Å². The van der Waals surface area contributed by atoms with Gasteiger partial charge in [-0.25, -0.2) is 8.51 Å². The predicted octanol–water partition coefficient (Wildman–Crippen LogP) is 2.94. The first kappa shape index (κ1) is 21.9. The Hall–Kier alpha value is -0.440. The summed E-state index contributed by atoms with van der Waals surface area (Å²) in [7, 11) is 2.76. The van der Waals surface area contributed by atoms with Crippen molar-refractivity contribution in [3.8, 4) is 6.07 Å². The van der Waals surface area contributed by atoms with Crippen molar-refractivity contribution in [2.75, 3.05) is 26.4 Å². The van der Waals surface area contributed by atoms with Gasteiger partial charge in [0.15, 0.2) is 0 Å². The molecule has 0 radical (unpaired) electrons. The fourth-order valence-electron chi connectivity index (χ4n) is 2.03. The van der Waals surface area contributed by atoms with Crippen molar-refractivity contribution in [2.45, 2.75) is 59.4 Å². The van der Waals surface area contributed by atoms with Crippen LogP contribution in [0.5, 0.6) is 0 Å². The molecule has 20 heavy (non-hydrogen) atoms. The molecule has 0 heterocycles. The second kappa shape index (κ2) is 15.0. The van der Waals surface area contributed by atoms with Crippen molar-refractivity contribution in [2.24, 2.45) is 5.92 Å². The van der Waals surface area contributed by atoms with E-state index in [1.165, 1.54) is 0 Å². The topological polar surface area (TPSA) is 56.1 Å². The van der Waals surface area contributed by atoms with Crippen molar-refractivity contribution in [1.82, 2.24) is 9.62 Å². The second-order valence-corrected chi connectivity index (χ2v) is 6.26. The fourth-order valence-corrected chi connectivity index (χ4v) is 2.68. The Kier molecular flexibility index (Phi) is 16.3. The Bertz CT molecular complexity index is 277. The molecule has 1 fully saturated rings. The van der Waals surface area contributed by atoms with Crippen LogP contribution >= 0.6 is 0 Å². The third kappa shape index (κ3) is 10.4. The van der Waals surface area contributed by atoms with Crippen LogP contribution in [-0.4, -0.2) is 40.9 Å². The molecule has 3 atom stereocenters. The van der Waals surface area contributed by atoms with Gasteiger partial charge in [0, 0.05) is 18.5 Å². The monoisotopic (exact) mass is 303 g/mol. The van der Waals surface area contributed by atoms with Gasteiger partial charge in [0.1, 0.15) is 0 Å². The standard InChI is InChI=1S/C11H21N3OS.2C2H6/c1-14(2)16(15)7-6-13-11-5-3-4-10(8-11)9-12;2*1-2/h10-11,13H,3-8H2,1-2H3;2*1-2H3/t10-,11?,16?;;/m1../s1. The molecule has 0 saturated heterocycles. The molecular formula is C15H33N3OS. The molecule has 0 aromatic heterocycles. The van der Waals surface area contributed by atoms with Gasteiger partial charge in [-0.2, -0.15) is 5.26 Å². The highest BCUT2D eigenvalue weighted by molar-refractivity contribution is 7.82. The molecule has 1 aliphatic carbocycles. The maximum atomic E-state index is 11.4. The summed E-state index contributed by atoms with van der Waals surface area (Å²) in [6, 6.07) is 2.79. The van der Waals surface area contributed by atoms with Gasteiger partial charge in [-0.3, -0.25) is 0 Å². The Morgan fingerprint density at radius 1 is 1.25 bits per heavy atom. The summed E-state index contributed by atoms with van der Waals surface area (Å²) in [6.45, 7) is 8.77. The summed E-state index contributed by atoms with van der Waals surface area (Å²) < 4.78 is 13.2. The zero-order valence-corrected chi connectivity index (χ0v) is 14.9. The van der Waals surface area contributed by atoms with Crippen molar-refractivity contribution < 1.29 is 4.21 Å².